The normalized spacial score (nSPS) is 13.5. The second-order valence-electron chi connectivity index (χ2n) is 9.26. The van der Waals surface area contributed by atoms with Gasteiger partial charge in [-0.2, -0.15) is 0 Å². The molecule has 0 unspecified atom stereocenters. The summed E-state index contributed by atoms with van der Waals surface area (Å²) in [6.45, 7) is 0.819. The maximum Gasteiger partial charge on any atom is 0.274 e. The number of aromatic nitrogens is 2. The third kappa shape index (κ3) is 6.35. The number of benzene rings is 2. The van der Waals surface area contributed by atoms with E-state index in [-0.39, 0.29) is 35.0 Å². The van der Waals surface area contributed by atoms with E-state index in [2.05, 4.69) is 15.3 Å². The maximum atomic E-state index is 13.1. The average Bonchev–Trinajstić information content (AvgIpc) is 2.99. The van der Waals surface area contributed by atoms with Crippen molar-refractivity contribution in [3.05, 3.63) is 114 Å². The highest BCUT2D eigenvalue weighted by molar-refractivity contribution is 6.03. The van der Waals surface area contributed by atoms with Crippen molar-refractivity contribution < 1.29 is 27.9 Å². The summed E-state index contributed by atoms with van der Waals surface area (Å²) in [5.41, 5.74) is 1.33. The van der Waals surface area contributed by atoms with Gasteiger partial charge in [0.2, 0.25) is 5.88 Å². The molecular weight excluding hydrogens is 518 g/mol. The Hall–Kier alpha value is -4.99. The number of likely N-dealkylation sites (tertiary alicyclic amines) is 1. The average molecular weight is 543 g/mol. The van der Waals surface area contributed by atoms with E-state index in [1.54, 1.807) is 17.0 Å². The third-order valence-corrected chi connectivity index (χ3v) is 6.56. The molecule has 0 saturated carbocycles. The van der Waals surface area contributed by atoms with Gasteiger partial charge in [0.25, 0.3) is 11.8 Å². The molecule has 1 fully saturated rings. The smallest absolute Gasteiger partial charge is 0.274 e. The lowest BCUT2D eigenvalue weighted by Crippen LogP contribution is -2.40. The van der Waals surface area contributed by atoms with Crippen molar-refractivity contribution in [1.29, 1.82) is 0 Å². The van der Waals surface area contributed by atoms with E-state index in [0.29, 0.717) is 48.5 Å². The van der Waals surface area contributed by atoms with E-state index in [1.165, 1.54) is 73.1 Å². The number of nitrogens with one attached hydrogen (secondary N) is 1. The summed E-state index contributed by atoms with van der Waals surface area (Å²) in [6, 6.07) is 17.2. The minimum atomic E-state index is -0.479. The summed E-state index contributed by atoms with van der Waals surface area (Å²) < 4.78 is 31.7. The number of halogens is 2. The fourth-order valence-corrected chi connectivity index (χ4v) is 4.37. The highest BCUT2D eigenvalue weighted by Gasteiger charge is 2.28. The number of amides is 2. The molecule has 0 spiro atoms. The van der Waals surface area contributed by atoms with Crippen LogP contribution >= 0.6 is 0 Å². The first-order valence-electron chi connectivity index (χ1n) is 12.6. The molecular formula is C30H24F2N4O4. The second kappa shape index (κ2) is 11.8. The SMILES string of the molecule is O=C(Nc1ccc(Oc2ccc(F)cc2)nc1)c1ccc(C(=O)N2CCC(C(=O)c3ccc(F)cc3)CC2)cn1. The van der Waals surface area contributed by atoms with Gasteiger partial charge >= 0.3 is 0 Å². The van der Waals surface area contributed by atoms with Gasteiger partial charge in [0, 0.05) is 36.8 Å². The molecule has 0 atom stereocenters. The van der Waals surface area contributed by atoms with Crippen LogP contribution in [0.4, 0.5) is 14.5 Å². The lowest BCUT2D eigenvalue weighted by Gasteiger charge is -2.31. The molecule has 8 nitrogen and oxygen atoms in total. The van der Waals surface area contributed by atoms with Crippen molar-refractivity contribution in [3.63, 3.8) is 0 Å². The molecule has 0 radical (unpaired) electrons. The number of Topliss-reactive ketones (excluding diaryl/α,β-unsaturated/α-hetero) is 1. The minimum absolute atomic E-state index is 0.0469. The number of carbonyl (C=O) groups excluding carboxylic acids is 3. The number of piperidine rings is 1. The molecule has 2 aromatic carbocycles. The topological polar surface area (TPSA) is 101 Å². The van der Waals surface area contributed by atoms with E-state index >= 15 is 0 Å². The highest BCUT2D eigenvalue weighted by Crippen LogP contribution is 2.24. The molecule has 4 aromatic rings. The largest absolute Gasteiger partial charge is 0.439 e. The van der Waals surface area contributed by atoms with Gasteiger partial charge in [0.05, 0.1) is 17.4 Å². The Morgan fingerprint density at radius 1 is 0.775 bits per heavy atom. The summed E-state index contributed by atoms with van der Waals surface area (Å²) >= 11 is 0. The van der Waals surface area contributed by atoms with Crippen LogP contribution in [-0.2, 0) is 0 Å². The van der Waals surface area contributed by atoms with Crippen LogP contribution in [0.25, 0.3) is 0 Å². The lowest BCUT2D eigenvalue weighted by atomic mass is 9.88. The molecule has 3 heterocycles. The van der Waals surface area contributed by atoms with Gasteiger partial charge in [-0.05, 0) is 79.6 Å². The highest BCUT2D eigenvalue weighted by atomic mass is 19.1. The fourth-order valence-electron chi connectivity index (χ4n) is 4.37. The van der Waals surface area contributed by atoms with E-state index < -0.39 is 11.7 Å². The van der Waals surface area contributed by atoms with Crippen molar-refractivity contribution in [2.24, 2.45) is 5.92 Å². The van der Waals surface area contributed by atoms with Crippen LogP contribution in [0.1, 0.15) is 44.0 Å². The monoisotopic (exact) mass is 542 g/mol. The Morgan fingerprint density at radius 3 is 2.02 bits per heavy atom. The quantitative estimate of drug-likeness (QED) is 0.308. The van der Waals surface area contributed by atoms with Gasteiger partial charge in [-0.3, -0.25) is 19.4 Å². The predicted octanol–water partition coefficient (Wildman–Crippen LogP) is 5.53. The summed E-state index contributed by atoms with van der Waals surface area (Å²) in [5, 5.41) is 2.68. The van der Waals surface area contributed by atoms with Crippen LogP contribution < -0.4 is 10.1 Å². The van der Waals surface area contributed by atoms with Crippen molar-refractivity contribution in [3.8, 4) is 11.6 Å². The molecule has 202 valence electrons. The number of rotatable bonds is 7. The maximum absolute atomic E-state index is 13.1. The first kappa shape index (κ1) is 26.6. The zero-order valence-electron chi connectivity index (χ0n) is 21.2. The number of hydrogen-bond donors (Lipinski definition) is 1. The van der Waals surface area contributed by atoms with Crippen LogP contribution in [0, 0.1) is 17.6 Å². The Balaban J connectivity index is 1.13. The predicted molar refractivity (Wildman–Crippen MR) is 142 cm³/mol. The van der Waals surface area contributed by atoms with E-state index in [0.717, 1.165) is 0 Å². The number of nitrogens with zero attached hydrogens (tertiary/aromatic N) is 3. The minimum Gasteiger partial charge on any atom is -0.439 e. The molecule has 10 heteroatoms. The van der Waals surface area contributed by atoms with Gasteiger partial charge < -0.3 is 15.0 Å². The summed E-state index contributed by atoms with van der Waals surface area (Å²) in [4.78, 5) is 48.2. The Kier molecular flexibility index (Phi) is 7.86. The van der Waals surface area contributed by atoms with Crippen LogP contribution in [-0.4, -0.2) is 45.6 Å². The lowest BCUT2D eigenvalue weighted by molar-refractivity contribution is 0.0650. The van der Waals surface area contributed by atoms with Crippen LogP contribution in [0.15, 0.2) is 85.2 Å². The Labute approximate surface area is 228 Å². The Morgan fingerprint density at radius 2 is 1.43 bits per heavy atom. The molecule has 1 N–H and O–H groups in total. The van der Waals surface area contributed by atoms with Crippen LogP contribution in [0.2, 0.25) is 0 Å². The molecule has 1 aliphatic heterocycles. The molecule has 1 aliphatic rings. The summed E-state index contributed by atoms with van der Waals surface area (Å²) in [5.74, 6) is -1.05. The second-order valence-corrected chi connectivity index (χ2v) is 9.26. The number of ketones is 1. The number of hydrogen-bond acceptors (Lipinski definition) is 6. The summed E-state index contributed by atoms with van der Waals surface area (Å²) in [6.07, 6.45) is 3.79. The number of pyridine rings is 2. The molecule has 2 aromatic heterocycles. The number of ether oxygens (including phenoxy) is 1. The fraction of sp³-hybridized carbons (Fsp3) is 0.167. The third-order valence-electron chi connectivity index (χ3n) is 6.56. The first-order chi connectivity index (χ1) is 19.4. The molecule has 0 bridgehead atoms. The van der Waals surface area contributed by atoms with Gasteiger partial charge in [0.15, 0.2) is 5.78 Å². The number of anilines is 1. The van der Waals surface area contributed by atoms with Gasteiger partial charge in [-0.1, -0.05) is 0 Å². The summed E-state index contributed by atoms with van der Waals surface area (Å²) in [7, 11) is 0. The molecule has 40 heavy (non-hydrogen) atoms. The molecule has 2 amide bonds. The number of carbonyl (C=O) groups is 3. The van der Waals surface area contributed by atoms with Crippen molar-refractivity contribution in [2.45, 2.75) is 12.8 Å². The van der Waals surface area contributed by atoms with Crippen molar-refractivity contribution in [2.75, 3.05) is 18.4 Å². The van der Waals surface area contributed by atoms with Gasteiger partial charge in [0.1, 0.15) is 23.1 Å². The molecule has 1 saturated heterocycles. The van der Waals surface area contributed by atoms with E-state index in [4.69, 9.17) is 4.74 Å². The van der Waals surface area contributed by atoms with Crippen LogP contribution in [0.5, 0.6) is 11.6 Å². The molecule has 0 aliphatic carbocycles. The molecule has 5 rings (SSSR count). The first-order valence-corrected chi connectivity index (χ1v) is 12.6. The van der Waals surface area contributed by atoms with E-state index in [9.17, 15) is 23.2 Å². The zero-order valence-corrected chi connectivity index (χ0v) is 21.2. The van der Waals surface area contributed by atoms with Crippen molar-refractivity contribution >= 4 is 23.3 Å². The van der Waals surface area contributed by atoms with Crippen LogP contribution in [0.3, 0.4) is 0 Å². The van der Waals surface area contributed by atoms with Gasteiger partial charge in [-0.15, -0.1) is 0 Å². The zero-order chi connectivity index (χ0) is 28.1. The van der Waals surface area contributed by atoms with Crippen molar-refractivity contribution in [1.82, 2.24) is 14.9 Å². The van der Waals surface area contributed by atoms with E-state index in [1.807, 2.05) is 0 Å². The van der Waals surface area contributed by atoms with Gasteiger partial charge in [-0.25, -0.2) is 13.8 Å². The Bertz CT molecular complexity index is 1500. The standard InChI is InChI=1S/C30H24F2N4O4/c31-22-4-1-19(2-5-22)28(37)20-13-15-36(16-14-20)30(39)21-3-11-26(33-17-21)29(38)35-24-8-12-27(34-18-24)40-25-9-6-23(32)7-10-25/h1-12,17-18,20H,13-16H2,(H,35,38).